The first-order valence-electron chi connectivity index (χ1n) is 3.88. The molecule has 0 N–H and O–H groups in total. The summed E-state index contributed by atoms with van der Waals surface area (Å²) in [4.78, 5) is 0. The summed E-state index contributed by atoms with van der Waals surface area (Å²) < 4.78 is 0. The molecular formula is C9H16. The predicted molar refractivity (Wildman–Crippen MR) is 41.2 cm³/mol. The van der Waals surface area contributed by atoms with Crippen LogP contribution in [0.15, 0.2) is 12.7 Å². The molecule has 3 atom stereocenters. The van der Waals surface area contributed by atoms with E-state index in [4.69, 9.17) is 0 Å². The van der Waals surface area contributed by atoms with Crippen LogP contribution in [0.4, 0.5) is 0 Å². The van der Waals surface area contributed by atoms with Crippen molar-refractivity contribution in [3.63, 3.8) is 0 Å². The molecule has 0 heteroatoms. The maximum Gasteiger partial charge on any atom is -0.0208 e. The van der Waals surface area contributed by atoms with Gasteiger partial charge < -0.3 is 0 Å². The Bertz CT molecular complexity index is 105. The zero-order valence-corrected chi connectivity index (χ0v) is 6.43. The molecule has 1 rings (SSSR count). The summed E-state index contributed by atoms with van der Waals surface area (Å²) in [6.45, 7) is 8.51. The maximum atomic E-state index is 3.83. The first-order chi connectivity index (χ1) is 4.25. The van der Waals surface area contributed by atoms with Gasteiger partial charge in [-0.3, -0.25) is 0 Å². The first kappa shape index (κ1) is 6.85. The summed E-state index contributed by atoms with van der Waals surface area (Å²) in [6, 6.07) is 0. The van der Waals surface area contributed by atoms with E-state index in [2.05, 4.69) is 26.5 Å². The van der Waals surface area contributed by atoms with Crippen molar-refractivity contribution in [1.82, 2.24) is 0 Å². The number of hydrogen-bond acceptors (Lipinski definition) is 0. The largest absolute Gasteiger partial charge is 0.103 e. The van der Waals surface area contributed by atoms with Crippen molar-refractivity contribution in [3.05, 3.63) is 12.7 Å². The number of allylic oxidation sites excluding steroid dienone is 1. The normalized spacial score (nSPS) is 43.1. The molecule has 0 heterocycles. The Balaban J connectivity index is 2.50. The lowest BCUT2D eigenvalue weighted by atomic mass is 9.93. The van der Waals surface area contributed by atoms with Crippen LogP contribution in [0.5, 0.6) is 0 Å². The molecule has 0 aromatic rings. The van der Waals surface area contributed by atoms with Gasteiger partial charge in [0.25, 0.3) is 0 Å². The molecule has 1 aliphatic carbocycles. The average Bonchev–Trinajstić information content (AvgIpc) is 2.15. The molecule has 9 heavy (non-hydrogen) atoms. The molecule has 0 amide bonds. The molecule has 1 aliphatic rings. The second kappa shape index (κ2) is 2.55. The minimum Gasteiger partial charge on any atom is -0.103 e. The van der Waals surface area contributed by atoms with E-state index >= 15 is 0 Å². The second-order valence-electron chi connectivity index (χ2n) is 3.31. The summed E-state index contributed by atoms with van der Waals surface area (Å²) in [6.07, 6.45) is 4.89. The first-order valence-corrected chi connectivity index (χ1v) is 3.88. The van der Waals surface area contributed by atoms with Crippen LogP contribution < -0.4 is 0 Å². The lowest BCUT2D eigenvalue weighted by Crippen LogP contribution is -2.05. The van der Waals surface area contributed by atoms with Gasteiger partial charge in [0.1, 0.15) is 0 Å². The molecule has 2 unspecified atom stereocenters. The topological polar surface area (TPSA) is 0 Å². The van der Waals surface area contributed by atoms with Crippen LogP contribution in [0.1, 0.15) is 26.7 Å². The molecule has 52 valence electrons. The lowest BCUT2D eigenvalue weighted by molar-refractivity contribution is 0.407. The summed E-state index contributed by atoms with van der Waals surface area (Å²) in [5.74, 6) is 2.61. The standard InChI is InChI=1S/C9H16/c1-4-9-6-5-7(2)8(9)3/h4,7-9H,1,5-6H2,2-3H3/t7-,8?,9?/m0/s1. The third kappa shape index (κ3) is 1.17. The molecule has 0 bridgehead atoms. The highest BCUT2D eigenvalue weighted by Gasteiger charge is 2.26. The van der Waals surface area contributed by atoms with Gasteiger partial charge in [0.15, 0.2) is 0 Å². The fourth-order valence-corrected chi connectivity index (χ4v) is 1.74. The Morgan fingerprint density at radius 2 is 2.00 bits per heavy atom. The van der Waals surface area contributed by atoms with Crippen molar-refractivity contribution in [1.29, 1.82) is 0 Å². The van der Waals surface area contributed by atoms with E-state index in [9.17, 15) is 0 Å². The van der Waals surface area contributed by atoms with Gasteiger partial charge in [-0.05, 0) is 30.6 Å². The predicted octanol–water partition coefficient (Wildman–Crippen LogP) is 2.85. The van der Waals surface area contributed by atoms with E-state index in [-0.39, 0.29) is 0 Å². The molecule has 1 saturated carbocycles. The number of hydrogen-bond donors (Lipinski definition) is 0. The smallest absolute Gasteiger partial charge is 0.0208 e. The van der Waals surface area contributed by atoms with Gasteiger partial charge in [0, 0.05) is 0 Å². The van der Waals surface area contributed by atoms with Gasteiger partial charge in [-0.1, -0.05) is 19.9 Å². The van der Waals surface area contributed by atoms with Crippen molar-refractivity contribution in [2.45, 2.75) is 26.7 Å². The van der Waals surface area contributed by atoms with Crippen LogP contribution in [0, 0.1) is 17.8 Å². The molecule has 0 radical (unpaired) electrons. The highest BCUT2D eigenvalue weighted by molar-refractivity contribution is 4.90. The minimum atomic E-state index is 0.806. The quantitative estimate of drug-likeness (QED) is 0.471. The van der Waals surface area contributed by atoms with E-state index < -0.39 is 0 Å². The van der Waals surface area contributed by atoms with Gasteiger partial charge in [-0.2, -0.15) is 0 Å². The van der Waals surface area contributed by atoms with Crippen molar-refractivity contribution in [2.75, 3.05) is 0 Å². The summed E-state index contributed by atoms with van der Waals surface area (Å²) in [5.41, 5.74) is 0. The third-order valence-corrected chi connectivity index (χ3v) is 2.83. The van der Waals surface area contributed by atoms with Crippen LogP contribution >= 0.6 is 0 Å². The minimum absolute atomic E-state index is 0.806. The van der Waals surface area contributed by atoms with Crippen LogP contribution in [0.3, 0.4) is 0 Å². The van der Waals surface area contributed by atoms with Crippen LogP contribution in [0.25, 0.3) is 0 Å². The Hall–Kier alpha value is -0.260. The highest BCUT2D eigenvalue weighted by atomic mass is 14.3. The summed E-state index contributed by atoms with van der Waals surface area (Å²) in [5, 5.41) is 0. The fourth-order valence-electron chi connectivity index (χ4n) is 1.74. The second-order valence-corrected chi connectivity index (χ2v) is 3.31. The Labute approximate surface area is 58.0 Å². The van der Waals surface area contributed by atoms with Gasteiger partial charge in [0.05, 0.1) is 0 Å². The third-order valence-electron chi connectivity index (χ3n) is 2.83. The molecular weight excluding hydrogens is 108 g/mol. The molecule has 0 aliphatic heterocycles. The Kier molecular flexibility index (Phi) is 1.94. The van der Waals surface area contributed by atoms with E-state index in [0.717, 1.165) is 17.8 Å². The van der Waals surface area contributed by atoms with E-state index in [1.165, 1.54) is 12.8 Å². The lowest BCUT2D eigenvalue weighted by Gasteiger charge is -2.12. The van der Waals surface area contributed by atoms with Crippen LogP contribution in [-0.2, 0) is 0 Å². The zero-order valence-electron chi connectivity index (χ0n) is 6.43. The van der Waals surface area contributed by atoms with Gasteiger partial charge in [0.2, 0.25) is 0 Å². The maximum absolute atomic E-state index is 3.83. The van der Waals surface area contributed by atoms with Crippen molar-refractivity contribution in [2.24, 2.45) is 17.8 Å². The zero-order chi connectivity index (χ0) is 6.85. The van der Waals surface area contributed by atoms with Gasteiger partial charge in [-0.25, -0.2) is 0 Å². The summed E-state index contributed by atoms with van der Waals surface area (Å²) in [7, 11) is 0. The highest BCUT2D eigenvalue weighted by Crippen LogP contribution is 2.36. The molecule has 0 aromatic heterocycles. The average molecular weight is 124 g/mol. The molecule has 0 saturated heterocycles. The van der Waals surface area contributed by atoms with E-state index in [0.29, 0.717) is 0 Å². The van der Waals surface area contributed by atoms with Crippen LogP contribution in [0.2, 0.25) is 0 Å². The van der Waals surface area contributed by atoms with Gasteiger partial charge in [-0.15, -0.1) is 6.58 Å². The van der Waals surface area contributed by atoms with Crippen LogP contribution in [-0.4, -0.2) is 0 Å². The monoisotopic (exact) mass is 124 g/mol. The fraction of sp³-hybridized carbons (Fsp3) is 0.778. The number of rotatable bonds is 1. The Morgan fingerprint density at radius 1 is 1.33 bits per heavy atom. The molecule has 0 nitrogen and oxygen atoms in total. The van der Waals surface area contributed by atoms with Crippen molar-refractivity contribution in [3.8, 4) is 0 Å². The van der Waals surface area contributed by atoms with Gasteiger partial charge >= 0.3 is 0 Å². The SMILES string of the molecule is C=CC1CC[C@H](C)C1C. The Morgan fingerprint density at radius 3 is 2.22 bits per heavy atom. The van der Waals surface area contributed by atoms with Crippen molar-refractivity contribution >= 4 is 0 Å². The van der Waals surface area contributed by atoms with E-state index in [1.54, 1.807) is 0 Å². The molecule has 0 aromatic carbocycles. The molecule has 0 spiro atoms. The molecule has 1 fully saturated rings. The van der Waals surface area contributed by atoms with E-state index in [1.807, 2.05) is 0 Å². The summed E-state index contributed by atoms with van der Waals surface area (Å²) >= 11 is 0. The van der Waals surface area contributed by atoms with Crippen molar-refractivity contribution < 1.29 is 0 Å².